The topological polar surface area (TPSA) is 70.0 Å². The van der Waals surface area contributed by atoms with Gasteiger partial charge in [0.25, 0.3) is 5.56 Å². The van der Waals surface area contributed by atoms with Crippen LogP contribution in [0.1, 0.15) is 11.1 Å². The lowest BCUT2D eigenvalue weighted by Crippen LogP contribution is -2.39. The highest BCUT2D eigenvalue weighted by atomic mass is 16.2. The van der Waals surface area contributed by atoms with Crippen molar-refractivity contribution in [3.8, 4) is 0 Å². The highest BCUT2D eigenvalue weighted by molar-refractivity contribution is 5.31. The molecule has 5 nitrogen and oxygen atoms in total. The van der Waals surface area contributed by atoms with Crippen LogP contribution in [0.2, 0.25) is 0 Å². The molecule has 2 N–H and O–H groups in total. The third-order valence-corrected chi connectivity index (χ3v) is 2.78. The van der Waals surface area contributed by atoms with Crippen molar-refractivity contribution in [1.82, 2.24) is 9.13 Å². The van der Waals surface area contributed by atoms with E-state index in [1.54, 1.807) is 7.05 Å². The minimum atomic E-state index is -0.445. The van der Waals surface area contributed by atoms with Crippen molar-refractivity contribution >= 4 is 5.69 Å². The lowest BCUT2D eigenvalue weighted by atomic mass is 10.1. The van der Waals surface area contributed by atoms with Crippen LogP contribution in [0.3, 0.4) is 0 Å². The fourth-order valence-electron chi connectivity index (χ4n) is 1.88. The molecule has 1 aromatic carbocycles. The number of nitrogens with two attached hydrogens (primary N) is 1. The maximum absolute atomic E-state index is 11.9. The van der Waals surface area contributed by atoms with Crippen molar-refractivity contribution in [3.63, 3.8) is 0 Å². The molecule has 0 saturated heterocycles. The number of benzene rings is 1. The van der Waals surface area contributed by atoms with E-state index in [0.717, 1.165) is 15.7 Å². The van der Waals surface area contributed by atoms with E-state index in [4.69, 9.17) is 5.73 Å². The lowest BCUT2D eigenvalue weighted by molar-refractivity contribution is 0.643. The summed E-state index contributed by atoms with van der Waals surface area (Å²) in [6.45, 7) is 2.20. The summed E-state index contributed by atoms with van der Waals surface area (Å²) in [5.41, 5.74) is 6.83. The first kappa shape index (κ1) is 12.2. The van der Waals surface area contributed by atoms with E-state index in [1.165, 1.54) is 10.8 Å². The standard InChI is InChI=1S/C13H15N3O2/c1-9-4-3-5-10(6-9)7-16-12(17)11(14)8-15(2)13(16)18/h3-6,8H,7,14H2,1-2H3. The quantitative estimate of drug-likeness (QED) is 0.837. The number of aromatic nitrogens is 2. The molecule has 5 heteroatoms. The Balaban J connectivity index is 2.53. The van der Waals surface area contributed by atoms with Gasteiger partial charge in [-0.25, -0.2) is 4.79 Å². The zero-order valence-corrected chi connectivity index (χ0v) is 10.4. The normalized spacial score (nSPS) is 10.6. The van der Waals surface area contributed by atoms with Gasteiger partial charge in [0.2, 0.25) is 0 Å². The van der Waals surface area contributed by atoms with Crippen molar-refractivity contribution < 1.29 is 0 Å². The first-order valence-electron chi connectivity index (χ1n) is 5.60. The lowest BCUT2D eigenvalue weighted by Gasteiger charge is -2.08. The molecule has 0 amide bonds. The Morgan fingerprint density at radius 3 is 2.67 bits per heavy atom. The van der Waals surface area contributed by atoms with Gasteiger partial charge in [-0.05, 0) is 12.5 Å². The molecule has 1 aromatic heterocycles. The van der Waals surface area contributed by atoms with Gasteiger partial charge in [-0.15, -0.1) is 0 Å². The van der Waals surface area contributed by atoms with E-state index in [1.807, 2.05) is 31.2 Å². The fourth-order valence-corrected chi connectivity index (χ4v) is 1.88. The number of hydrogen-bond acceptors (Lipinski definition) is 3. The molecule has 0 aliphatic carbocycles. The second-order valence-electron chi connectivity index (χ2n) is 4.36. The van der Waals surface area contributed by atoms with Crippen LogP contribution in [0.4, 0.5) is 5.69 Å². The molecule has 0 aliphatic heterocycles. The van der Waals surface area contributed by atoms with Gasteiger partial charge >= 0.3 is 5.69 Å². The second-order valence-corrected chi connectivity index (χ2v) is 4.36. The van der Waals surface area contributed by atoms with Gasteiger partial charge in [0.15, 0.2) is 0 Å². The van der Waals surface area contributed by atoms with Crippen LogP contribution in [0.5, 0.6) is 0 Å². The monoisotopic (exact) mass is 245 g/mol. The highest BCUT2D eigenvalue weighted by Crippen LogP contribution is 2.04. The molecule has 2 rings (SSSR count). The number of anilines is 1. The first-order valence-corrected chi connectivity index (χ1v) is 5.60. The SMILES string of the molecule is Cc1cccc(Cn2c(=O)c(N)cn(C)c2=O)c1. The molecular formula is C13H15N3O2. The van der Waals surface area contributed by atoms with Crippen LogP contribution < -0.4 is 17.0 Å². The molecule has 18 heavy (non-hydrogen) atoms. The Labute approximate surface area is 104 Å². The van der Waals surface area contributed by atoms with Gasteiger partial charge in [-0.1, -0.05) is 29.8 Å². The third-order valence-electron chi connectivity index (χ3n) is 2.78. The van der Waals surface area contributed by atoms with Gasteiger partial charge in [0.1, 0.15) is 5.69 Å². The molecule has 0 unspecified atom stereocenters. The van der Waals surface area contributed by atoms with E-state index in [2.05, 4.69) is 0 Å². The van der Waals surface area contributed by atoms with Gasteiger partial charge in [-0.3, -0.25) is 9.36 Å². The smallest absolute Gasteiger partial charge is 0.331 e. The van der Waals surface area contributed by atoms with Crippen molar-refractivity contribution in [3.05, 3.63) is 62.4 Å². The molecule has 0 fully saturated rings. The van der Waals surface area contributed by atoms with Crippen LogP contribution in [0, 0.1) is 6.92 Å². The summed E-state index contributed by atoms with van der Waals surface area (Å²) < 4.78 is 2.45. The number of aryl methyl sites for hydroxylation is 2. The zero-order valence-electron chi connectivity index (χ0n) is 10.4. The van der Waals surface area contributed by atoms with Gasteiger partial charge in [0.05, 0.1) is 6.54 Å². The summed E-state index contributed by atoms with van der Waals surface area (Å²) in [5.74, 6) is 0. The minimum Gasteiger partial charge on any atom is -0.393 e. The molecule has 0 radical (unpaired) electrons. The van der Waals surface area contributed by atoms with Crippen molar-refractivity contribution in [2.75, 3.05) is 5.73 Å². The van der Waals surface area contributed by atoms with Crippen LogP contribution >= 0.6 is 0 Å². The molecule has 0 spiro atoms. The summed E-state index contributed by atoms with van der Waals surface area (Å²) in [6, 6.07) is 7.67. The minimum absolute atomic E-state index is 0.0738. The van der Waals surface area contributed by atoms with Gasteiger partial charge in [0, 0.05) is 13.2 Å². The Hall–Kier alpha value is -2.30. The van der Waals surface area contributed by atoms with Gasteiger partial charge < -0.3 is 10.3 Å². The molecule has 0 saturated carbocycles. The summed E-state index contributed by atoms with van der Waals surface area (Å²) in [6.07, 6.45) is 1.34. The number of hydrogen-bond donors (Lipinski definition) is 1. The maximum atomic E-state index is 11.9. The summed E-state index contributed by atoms with van der Waals surface area (Å²) in [7, 11) is 1.57. The number of nitrogens with zero attached hydrogens (tertiary/aromatic N) is 2. The average Bonchev–Trinajstić information content (AvgIpc) is 2.32. The predicted octanol–water partition coefficient (Wildman–Crippen LogP) is 0.486. The Bertz CT molecular complexity index is 664. The number of nitrogen functional groups attached to an aromatic ring is 1. The Morgan fingerprint density at radius 2 is 2.00 bits per heavy atom. The van der Waals surface area contributed by atoms with Crippen molar-refractivity contribution in [1.29, 1.82) is 0 Å². The zero-order chi connectivity index (χ0) is 13.3. The van der Waals surface area contributed by atoms with Crippen molar-refractivity contribution in [2.45, 2.75) is 13.5 Å². The fraction of sp³-hybridized carbons (Fsp3) is 0.231. The van der Waals surface area contributed by atoms with E-state index >= 15 is 0 Å². The van der Waals surface area contributed by atoms with Crippen molar-refractivity contribution in [2.24, 2.45) is 7.05 Å². The van der Waals surface area contributed by atoms with Crippen LogP contribution in [0.15, 0.2) is 40.1 Å². The maximum Gasteiger partial charge on any atom is 0.331 e. The van der Waals surface area contributed by atoms with Gasteiger partial charge in [-0.2, -0.15) is 0 Å². The highest BCUT2D eigenvalue weighted by Gasteiger charge is 2.07. The Kier molecular flexibility index (Phi) is 3.06. The molecule has 94 valence electrons. The molecule has 0 aliphatic rings. The summed E-state index contributed by atoms with van der Waals surface area (Å²) in [5, 5.41) is 0. The van der Waals surface area contributed by atoms with E-state index in [9.17, 15) is 9.59 Å². The van der Waals surface area contributed by atoms with E-state index in [-0.39, 0.29) is 17.9 Å². The Morgan fingerprint density at radius 1 is 1.28 bits per heavy atom. The summed E-state index contributed by atoms with van der Waals surface area (Å²) >= 11 is 0. The van der Waals surface area contributed by atoms with Crippen LogP contribution in [-0.4, -0.2) is 9.13 Å². The largest absolute Gasteiger partial charge is 0.393 e. The average molecular weight is 245 g/mol. The second kappa shape index (κ2) is 4.52. The molecule has 1 heterocycles. The molecule has 0 bridgehead atoms. The third kappa shape index (κ3) is 2.20. The molecule has 0 atom stereocenters. The number of rotatable bonds is 2. The molecular weight excluding hydrogens is 230 g/mol. The van der Waals surface area contributed by atoms with E-state index in [0.29, 0.717) is 0 Å². The molecule has 2 aromatic rings. The van der Waals surface area contributed by atoms with E-state index < -0.39 is 5.56 Å². The first-order chi connectivity index (χ1) is 8.49. The predicted molar refractivity (Wildman–Crippen MR) is 70.6 cm³/mol. The van der Waals surface area contributed by atoms with Crippen LogP contribution in [-0.2, 0) is 13.6 Å². The van der Waals surface area contributed by atoms with Crippen LogP contribution in [0.25, 0.3) is 0 Å². The summed E-state index contributed by atoms with van der Waals surface area (Å²) in [4.78, 5) is 23.8.